The van der Waals surface area contributed by atoms with Gasteiger partial charge in [-0.1, -0.05) is 30.3 Å². The van der Waals surface area contributed by atoms with E-state index in [1.165, 1.54) is 16.9 Å². The van der Waals surface area contributed by atoms with Gasteiger partial charge in [-0.2, -0.15) is 0 Å². The SMILES string of the molecule is CN(Cc1ccccc1)CC1CCN(C(=O)c2cnc(C3CCCO3)s2)CC1. The van der Waals surface area contributed by atoms with Crippen molar-refractivity contribution in [3.05, 3.63) is 52.0 Å². The third-order valence-corrected chi connectivity index (χ3v) is 6.78. The first-order valence-electron chi connectivity index (χ1n) is 10.3. The van der Waals surface area contributed by atoms with Gasteiger partial charge in [-0.25, -0.2) is 4.98 Å². The van der Waals surface area contributed by atoms with Gasteiger partial charge in [-0.05, 0) is 44.2 Å². The maximum absolute atomic E-state index is 12.8. The average molecular weight is 400 g/mol. The first-order valence-corrected chi connectivity index (χ1v) is 11.1. The van der Waals surface area contributed by atoms with E-state index in [2.05, 4.69) is 47.3 Å². The highest BCUT2D eigenvalue weighted by Crippen LogP contribution is 2.32. The van der Waals surface area contributed by atoms with Gasteiger partial charge in [0.1, 0.15) is 16.0 Å². The number of piperidine rings is 1. The fourth-order valence-electron chi connectivity index (χ4n) is 4.18. The van der Waals surface area contributed by atoms with E-state index in [1.807, 2.05) is 4.90 Å². The summed E-state index contributed by atoms with van der Waals surface area (Å²) in [6, 6.07) is 10.6. The predicted molar refractivity (Wildman–Crippen MR) is 111 cm³/mol. The molecule has 1 aromatic carbocycles. The number of benzene rings is 1. The molecule has 2 aliphatic rings. The molecule has 1 amide bonds. The van der Waals surface area contributed by atoms with Gasteiger partial charge < -0.3 is 14.5 Å². The van der Waals surface area contributed by atoms with Crippen LogP contribution in [0.3, 0.4) is 0 Å². The molecule has 2 aromatic rings. The predicted octanol–water partition coefficient (Wildman–Crippen LogP) is 3.98. The van der Waals surface area contributed by atoms with Crippen LogP contribution in [0.2, 0.25) is 0 Å². The number of carbonyl (C=O) groups excluding carboxylic acids is 1. The number of likely N-dealkylation sites (tertiary alicyclic amines) is 1. The van der Waals surface area contributed by atoms with Crippen molar-refractivity contribution in [1.82, 2.24) is 14.8 Å². The van der Waals surface area contributed by atoms with Crippen molar-refractivity contribution in [3.8, 4) is 0 Å². The molecule has 0 radical (unpaired) electrons. The lowest BCUT2D eigenvalue weighted by Gasteiger charge is -2.33. The summed E-state index contributed by atoms with van der Waals surface area (Å²) in [6.45, 7) is 4.55. The van der Waals surface area contributed by atoms with Crippen molar-refractivity contribution >= 4 is 17.2 Å². The number of carbonyl (C=O) groups is 1. The standard InChI is InChI=1S/C22H29N3O2S/c1-24(15-17-6-3-2-4-7-17)16-18-9-11-25(12-10-18)22(26)20-14-23-21(28-20)19-8-5-13-27-19/h2-4,6-7,14,18-19H,5,8-13,15-16H2,1H3. The summed E-state index contributed by atoms with van der Waals surface area (Å²) >= 11 is 1.51. The zero-order valence-electron chi connectivity index (χ0n) is 16.5. The minimum absolute atomic E-state index is 0.0949. The number of hydrogen-bond acceptors (Lipinski definition) is 5. The summed E-state index contributed by atoms with van der Waals surface area (Å²) in [5.41, 5.74) is 1.35. The van der Waals surface area contributed by atoms with E-state index in [9.17, 15) is 4.79 Å². The van der Waals surface area contributed by atoms with Crippen molar-refractivity contribution in [3.63, 3.8) is 0 Å². The first-order chi connectivity index (χ1) is 13.7. The summed E-state index contributed by atoms with van der Waals surface area (Å²) in [5, 5.41) is 0.957. The Morgan fingerprint density at radius 2 is 2.04 bits per heavy atom. The Kier molecular flexibility index (Phi) is 6.40. The third kappa shape index (κ3) is 4.80. The highest BCUT2D eigenvalue weighted by molar-refractivity contribution is 7.13. The average Bonchev–Trinajstić information content (AvgIpc) is 3.40. The zero-order chi connectivity index (χ0) is 19.3. The molecule has 6 heteroatoms. The first kappa shape index (κ1) is 19.6. The van der Waals surface area contributed by atoms with Crippen LogP contribution in [-0.4, -0.2) is 54.0 Å². The van der Waals surface area contributed by atoms with Crippen molar-refractivity contribution < 1.29 is 9.53 Å². The van der Waals surface area contributed by atoms with Crippen LogP contribution in [0.25, 0.3) is 0 Å². The lowest BCUT2D eigenvalue weighted by atomic mass is 9.96. The van der Waals surface area contributed by atoms with Crippen LogP contribution in [0.1, 0.15) is 52.0 Å². The van der Waals surface area contributed by atoms with Gasteiger partial charge in [0.05, 0.1) is 6.20 Å². The van der Waals surface area contributed by atoms with Gasteiger partial charge in [-0.15, -0.1) is 11.3 Å². The van der Waals surface area contributed by atoms with E-state index in [4.69, 9.17) is 4.74 Å². The molecule has 1 unspecified atom stereocenters. The van der Waals surface area contributed by atoms with Gasteiger partial charge in [-0.3, -0.25) is 4.79 Å². The quantitative estimate of drug-likeness (QED) is 0.737. The normalized spacial score (nSPS) is 20.8. The molecule has 0 spiro atoms. The lowest BCUT2D eigenvalue weighted by molar-refractivity contribution is 0.0676. The van der Waals surface area contributed by atoms with Crippen LogP contribution in [0.4, 0.5) is 0 Å². The fourth-order valence-corrected chi connectivity index (χ4v) is 5.15. The second-order valence-corrected chi connectivity index (χ2v) is 9.04. The van der Waals surface area contributed by atoms with Crippen molar-refractivity contribution in [2.24, 2.45) is 5.92 Å². The maximum atomic E-state index is 12.8. The Hall–Kier alpha value is -1.76. The minimum atomic E-state index is 0.0949. The van der Waals surface area contributed by atoms with E-state index in [1.54, 1.807) is 6.20 Å². The Bertz CT molecular complexity index is 765. The monoisotopic (exact) mass is 399 g/mol. The molecule has 2 saturated heterocycles. The summed E-state index contributed by atoms with van der Waals surface area (Å²) in [7, 11) is 2.19. The number of ether oxygens (including phenoxy) is 1. The molecule has 0 N–H and O–H groups in total. The van der Waals surface area contributed by atoms with Crippen LogP contribution in [0, 0.1) is 5.92 Å². The van der Waals surface area contributed by atoms with Gasteiger partial charge in [0.2, 0.25) is 0 Å². The highest BCUT2D eigenvalue weighted by Gasteiger charge is 2.27. The molecular weight excluding hydrogens is 370 g/mol. The molecule has 1 aromatic heterocycles. The molecule has 0 saturated carbocycles. The van der Waals surface area contributed by atoms with Crippen LogP contribution in [0.15, 0.2) is 36.5 Å². The molecule has 1 atom stereocenters. The molecule has 28 heavy (non-hydrogen) atoms. The number of rotatable bonds is 6. The molecular formula is C22H29N3O2S. The van der Waals surface area contributed by atoms with Crippen molar-refractivity contribution in [1.29, 1.82) is 0 Å². The van der Waals surface area contributed by atoms with Crippen LogP contribution < -0.4 is 0 Å². The summed E-state index contributed by atoms with van der Waals surface area (Å²) in [6.07, 6.45) is 6.08. The van der Waals surface area contributed by atoms with Crippen molar-refractivity contribution in [2.45, 2.75) is 38.3 Å². The highest BCUT2D eigenvalue weighted by atomic mass is 32.1. The Balaban J connectivity index is 1.25. The number of amides is 1. The maximum Gasteiger partial charge on any atom is 0.265 e. The molecule has 2 aliphatic heterocycles. The largest absolute Gasteiger partial charge is 0.371 e. The number of nitrogens with zero attached hydrogens (tertiary/aromatic N) is 3. The topological polar surface area (TPSA) is 45.7 Å². The van der Waals surface area contributed by atoms with Gasteiger partial charge in [0.15, 0.2) is 0 Å². The Morgan fingerprint density at radius 1 is 1.25 bits per heavy atom. The molecule has 4 rings (SSSR count). The summed E-state index contributed by atoms with van der Waals surface area (Å²) in [4.78, 5) is 22.4. The number of thiazole rings is 1. The Labute approximate surface area is 171 Å². The molecule has 2 fully saturated rings. The van der Waals surface area contributed by atoms with Gasteiger partial charge >= 0.3 is 0 Å². The second-order valence-electron chi connectivity index (χ2n) is 7.98. The van der Waals surface area contributed by atoms with Gasteiger partial charge in [0.25, 0.3) is 5.91 Å². The minimum Gasteiger partial charge on any atom is -0.371 e. The molecule has 5 nitrogen and oxygen atoms in total. The van der Waals surface area contributed by atoms with Crippen molar-refractivity contribution in [2.75, 3.05) is 33.3 Å². The Morgan fingerprint density at radius 3 is 2.75 bits per heavy atom. The lowest BCUT2D eigenvalue weighted by Crippen LogP contribution is -2.40. The molecule has 150 valence electrons. The summed E-state index contributed by atoms with van der Waals surface area (Å²) < 4.78 is 5.69. The van der Waals surface area contributed by atoms with Crippen LogP contribution in [0.5, 0.6) is 0 Å². The zero-order valence-corrected chi connectivity index (χ0v) is 17.4. The smallest absolute Gasteiger partial charge is 0.265 e. The van der Waals surface area contributed by atoms with E-state index in [-0.39, 0.29) is 12.0 Å². The van der Waals surface area contributed by atoms with Crippen LogP contribution >= 0.6 is 11.3 Å². The third-order valence-electron chi connectivity index (χ3n) is 5.71. The van der Waals surface area contributed by atoms with E-state index >= 15 is 0 Å². The molecule has 3 heterocycles. The van der Waals surface area contributed by atoms with E-state index < -0.39 is 0 Å². The number of hydrogen-bond donors (Lipinski definition) is 0. The second kappa shape index (κ2) is 9.16. The number of aromatic nitrogens is 1. The van der Waals surface area contributed by atoms with Crippen LogP contribution in [-0.2, 0) is 11.3 Å². The molecule has 0 aliphatic carbocycles. The summed E-state index contributed by atoms with van der Waals surface area (Å²) in [5.74, 6) is 0.791. The molecule has 0 bridgehead atoms. The van der Waals surface area contributed by atoms with Gasteiger partial charge in [0, 0.05) is 32.8 Å². The van der Waals surface area contributed by atoms with E-state index in [0.29, 0.717) is 5.92 Å². The fraction of sp³-hybridized carbons (Fsp3) is 0.545. The van der Waals surface area contributed by atoms with E-state index in [0.717, 1.165) is 68.4 Å².